The number of anilines is 2. The van der Waals surface area contributed by atoms with Crippen LogP contribution in [0.2, 0.25) is 0 Å². The topological polar surface area (TPSA) is 101 Å². The molecule has 0 spiro atoms. The normalized spacial score (nSPS) is 11.4. The Morgan fingerprint density at radius 1 is 1.08 bits per heavy atom. The lowest BCUT2D eigenvalue weighted by Crippen LogP contribution is -2.27. The number of benzene rings is 1. The number of rotatable bonds is 3. The van der Waals surface area contributed by atoms with Crippen molar-refractivity contribution in [1.82, 2.24) is 19.6 Å². The first-order valence-corrected chi connectivity index (χ1v) is 8.15. The first kappa shape index (κ1) is 17.5. The number of carbonyl (C=O) groups excluding carboxylic acids is 2. The third-order valence-corrected chi connectivity index (χ3v) is 3.69. The van der Waals surface area contributed by atoms with Crippen molar-refractivity contribution in [3.05, 3.63) is 48.0 Å². The molecule has 0 radical (unpaired) electrons. The van der Waals surface area contributed by atoms with Gasteiger partial charge in [-0.3, -0.25) is 9.59 Å². The van der Waals surface area contributed by atoms with E-state index in [2.05, 4.69) is 25.7 Å². The maximum atomic E-state index is 12.4. The highest BCUT2D eigenvalue weighted by molar-refractivity contribution is 6.02. The lowest BCUT2D eigenvalue weighted by atomic mass is 9.95. The van der Waals surface area contributed by atoms with E-state index >= 15 is 0 Å². The van der Waals surface area contributed by atoms with Crippen molar-refractivity contribution in [2.75, 3.05) is 10.6 Å². The molecular formula is C18H20N6O2. The van der Waals surface area contributed by atoms with Gasteiger partial charge in [0, 0.05) is 28.7 Å². The minimum absolute atomic E-state index is 0.0240. The predicted octanol–water partition coefficient (Wildman–Crippen LogP) is 2.67. The summed E-state index contributed by atoms with van der Waals surface area (Å²) in [6.45, 7) is 7.35. The van der Waals surface area contributed by atoms with E-state index in [1.165, 1.54) is 4.52 Å². The monoisotopic (exact) mass is 352 g/mol. The number of nitrogens with one attached hydrogen (secondary N) is 2. The quantitative estimate of drug-likeness (QED) is 0.754. The molecule has 2 heterocycles. The number of amides is 2. The van der Waals surface area contributed by atoms with Crippen molar-refractivity contribution in [1.29, 1.82) is 0 Å². The maximum absolute atomic E-state index is 12.4. The van der Waals surface area contributed by atoms with Gasteiger partial charge in [0.15, 0.2) is 0 Å². The molecular weight excluding hydrogens is 332 g/mol. The molecule has 0 unspecified atom stereocenters. The molecule has 3 rings (SSSR count). The van der Waals surface area contributed by atoms with Gasteiger partial charge < -0.3 is 10.6 Å². The molecule has 0 saturated heterocycles. The largest absolute Gasteiger partial charge is 0.326 e. The SMILES string of the molecule is Cc1ccnc2nc(C(=O)Nc3cccc(NC(=O)C(C)(C)C)c3)nn12. The second-order valence-electron chi connectivity index (χ2n) is 6.97. The summed E-state index contributed by atoms with van der Waals surface area (Å²) in [6.07, 6.45) is 1.61. The van der Waals surface area contributed by atoms with E-state index in [4.69, 9.17) is 0 Å². The summed E-state index contributed by atoms with van der Waals surface area (Å²) in [4.78, 5) is 32.7. The van der Waals surface area contributed by atoms with Gasteiger partial charge in [-0.25, -0.2) is 9.50 Å². The second-order valence-corrected chi connectivity index (χ2v) is 6.97. The number of aromatic nitrogens is 4. The van der Waals surface area contributed by atoms with Gasteiger partial charge >= 0.3 is 0 Å². The average Bonchev–Trinajstić information content (AvgIpc) is 3.00. The van der Waals surface area contributed by atoms with E-state index < -0.39 is 11.3 Å². The number of carbonyl (C=O) groups is 2. The number of aryl methyl sites for hydroxylation is 1. The smallest absolute Gasteiger partial charge is 0.295 e. The van der Waals surface area contributed by atoms with Crippen LogP contribution in [0.1, 0.15) is 37.1 Å². The van der Waals surface area contributed by atoms with E-state index in [0.717, 1.165) is 5.69 Å². The Balaban J connectivity index is 1.77. The van der Waals surface area contributed by atoms with Crippen LogP contribution in [0.3, 0.4) is 0 Å². The molecule has 134 valence electrons. The van der Waals surface area contributed by atoms with Crippen molar-refractivity contribution in [3.63, 3.8) is 0 Å². The van der Waals surface area contributed by atoms with Gasteiger partial charge in [-0.05, 0) is 31.2 Å². The van der Waals surface area contributed by atoms with Crippen LogP contribution in [0.25, 0.3) is 5.78 Å². The molecule has 8 heteroatoms. The van der Waals surface area contributed by atoms with Crippen molar-refractivity contribution in [2.24, 2.45) is 5.41 Å². The Kier molecular flexibility index (Phi) is 4.41. The molecule has 2 aromatic heterocycles. The Bertz CT molecular complexity index is 987. The van der Waals surface area contributed by atoms with Crippen LogP contribution < -0.4 is 10.6 Å². The maximum Gasteiger partial charge on any atom is 0.295 e. The van der Waals surface area contributed by atoms with Gasteiger partial charge in [0.2, 0.25) is 11.7 Å². The molecule has 0 aliphatic rings. The van der Waals surface area contributed by atoms with Crippen molar-refractivity contribution >= 4 is 29.0 Å². The van der Waals surface area contributed by atoms with Crippen LogP contribution >= 0.6 is 0 Å². The number of fused-ring (bicyclic) bond motifs is 1. The lowest BCUT2D eigenvalue weighted by molar-refractivity contribution is -0.123. The third-order valence-electron chi connectivity index (χ3n) is 3.69. The molecule has 0 fully saturated rings. The average molecular weight is 352 g/mol. The third kappa shape index (κ3) is 3.69. The Hall–Kier alpha value is -3.29. The molecule has 2 N–H and O–H groups in total. The van der Waals surface area contributed by atoms with E-state index in [-0.39, 0.29) is 11.7 Å². The number of nitrogens with zero attached hydrogens (tertiary/aromatic N) is 4. The molecule has 3 aromatic rings. The highest BCUT2D eigenvalue weighted by Gasteiger charge is 2.21. The summed E-state index contributed by atoms with van der Waals surface area (Å²) in [7, 11) is 0. The van der Waals surface area contributed by atoms with Gasteiger partial charge in [-0.2, -0.15) is 4.98 Å². The zero-order valence-corrected chi connectivity index (χ0v) is 15.1. The Morgan fingerprint density at radius 3 is 2.42 bits per heavy atom. The minimum atomic E-state index is -0.509. The second kappa shape index (κ2) is 6.55. The highest BCUT2D eigenvalue weighted by atomic mass is 16.2. The van der Waals surface area contributed by atoms with Crippen LogP contribution in [-0.2, 0) is 4.79 Å². The molecule has 1 aromatic carbocycles. The summed E-state index contributed by atoms with van der Waals surface area (Å²) < 4.78 is 1.51. The molecule has 0 aliphatic carbocycles. The molecule has 0 aliphatic heterocycles. The van der Waals surface area contributed by atoms with Crippen LogP contribution in [0.15, 0.2) is 36.5 Å². The lowest BCUT2D eigenvalue weighted by Gasteiger charge is -2.18. The first-order valence-electron chi connectivity index (χ1n) is 8.15. The van der Waals surface area contributed by atoms with Gasteiger partial charge in [0.25, 0.3) is 11.7 Å². The molecule has 8 nitrogen and oxygen atoms in total. The van der Waals surface area contributed by atoms with Crippen molar-refractivity contribution < 1.29 is 9.59 Å². The summed E-state index contributed by atoms with van der Waals surface area (Å²) in [5.74, 6) is -0.170. The number of hydrogen-bond donors (Lipinski definition) is 2. The zero-order valence-electron chi connectivity index (χ0n) is 15.1. The van der Waals surface area contributed by atoms with Crippen molar-refractivity contribution in [2.45, 2.75) is 27.7 Å². The van der Waals surface area contributed by atoms with Crippen molar-refractivity contribution in [3.8, 4) is 0 Å². The first-order chi connectivity index (χ1) is 12.2. The zero-order chi connectivity index (χ0) is 18.9. The summed E-state index contributed by atoms with van der Waals surface area (Å²) in [5, 5.41) is 9.74. The molecule has 26 heavy (non-hydrogen) atoms. The number of hydrogen-bond acceptors (Lipinski definition) is 5. The Labute approximate surface area is 150 Å². The molecule has 0 bridgehead atoms. The van der Waals surface area contributed by atoms with E-state index in [1.54, 1.807) is 36.5 Å². The molecule has 0 atom stereocenters. The fourth-order valence-corrected chi connectivity index (χ4v) is 2.18. The summed E-state index contributed by atoms with van der Waals surface area (Å²) in [5.41, 5.74) is 1.45. The van der Waals surface area contributed by atoms with E-state index in [0.29, 0.717) is 17.2 Å². The fourth-order valence-electron chi connectivity index (χ4n) is 2.18. The summed E-state index contributed by atoms with van der Waals surface area (Å²) >= 11 is 0. The van der Waals surface area contributed by atoms with Crippen LogP contribution in [0.4, 0.5) is 11.4 Å². The van der Waals surface area contributed by atoms with E-state index in [1.807, 2.05) is 27.7 Å². The van der Waals surface area contributed by atoms with Crippen LogP contribution in [0, 0.1) is 12.3 Å². The highest BCUT2D eigenvalue weighted by Crippen LogP contribution is 2.20. The van der Waals surface area contributed by atoms with Gasteiger partial charge in [0.05, 0.1) is 0 Å². The van der Waals surface area contributed by atoms with Crippen LogP contribution in [-0.4, -0.2) is 31.4 Å². The van der Waals surface area contributed by atoms with Gasteiger partial charge in [-0.1, -0.05) is 26.8 Å². The standard InChI is InChI=1S/C18H20N6O2/c1-11-8-9-19-17-22-14(23-24(11)17)15(25)20-12-6-5-7-13(10-12)21-16(26)18(2,3)4/h5-10H,1-4H3,(H,20,25)(H,21,26). The predicted molar refractivity (Wildman–Crippen MR) is 98.0 cm³/mol. The van der Waals surface area contributed by atoms with Gasteiger partial charge in [0.1, 0.15) is 0 Å². The fraction of sp³-hybridized carbons (Fsp3) is 0.278. The molecule has 2 amide bonds. The van der Waals surface area contributed by atoms with Gasteiger partial charge in [-0.15, -0.1) is 5.10 Å². The molecule has 0 saturated carbocycles. The van der Waals surface area contributed by atoms with Crippen LogP contribution in [0.5, 0.6) is 0 Å². The minimum Gasteiger partial charge on any atom is -0.326 e. The van der Waals surface area contributed by atoms with E-state index in [9.17, 15) is 9.59 Å². The summed E-state index contributed by atoms with van der Waals surface area (Å²) in [6, 6.07) is 8.70. The Morgan fingerprint density at radius 2 is 1.77 bits per heavy atom.